The van der Waals surface area contributed by atoms with Gasteiger partial charge in [-0.25, -0.2) is 0 Å². The Labute approximate surface area is 85.0 Å². The lowest BCUT2D eigenvalue weighted by atomic mass is 10.2. The lowest BCUT2D eigenvalue weighted by Gasteiger charge is -1.97. The maximum Gasteiger partial charge on any atom is 0.168 e. The van der Waals surface area contributed by atoms with Gasteiger partial charge >= 0.3 is 0 Å². The molecule has 0 heterocycles. The highest BCUT2D eigenvalue weighted by Gasteiger charge is 2.02. The number of para-hydroxylation sites is 1. The highest BCUT2D eigenvalue weighted by atomic mass is 16.3. The van der Waals surface area contributed by atoms with Gasteiger partial charge in [-0.3, -0.25) is 4.79 Å². The molecule has 0 unspecified atom stereocenters. The van der Waals surface area contributed by atoms with Crippen molar-refractivity contribution >= 4 is 6.29 Å². The van der Waals surface area contributed by atoms with Crippen molar-refractivity contribution in [1.82, 2.24) is 0 Å². The Morgan fingerprint density at radius 3 is 1.93 bits per heavy atom. The summed E-state index contributed by atoms with van der Waals surface area (Å²) in [6.07, 6.45) is 0.481. The molecular formula is C11H18O3. The van der Waals surface area contributed by atoms with Crippen LogP contribution in [-0.2, 0) is 0 Å². The maximum absolute atomic E-state index is 10.1. The lowest BCUT2D eigenvalue weighted by Crippen LogP contribution is -1.79. The van der Waals surface area contributed by atoms with Crippen LogP contribution in [0.5, 0.6) is 11.5 Å². The summed E-state index contributed by atoms with van der Waals surface area (Å²) in [5, 5.41) is 17.7. The van der Waals surface area contributed by atoms with Crippen LogP contribution in [0.3, 0.4) is 0 Å². The monoisotopic (exact) mass is 198 g/mol. The Kier molecular flexibility index (Phi) is 10.3. The Bertz CT molecular complexity index is 257. The molecule has 1 aromatic carbocycles. The zero-order chi connectivity index (χ0) is 11.6. The summed E-state index contributed by atoms with van der Waals surface area (Å²) in [5.41, 5.74) is 0.0972. The Balaban J connectivity index is 0. The summed E-state index contributed by atoms with van der Waals surface area (Å²) in [6.45, 7) is 8.00. The molecule has 80 valence electrons. The number of carbonyl (C=O) groups is 1. The van der Waals surface area contributed by atoms with Gasteiger partial charge in [0.05, 0.1) is 5.56 Å². The Morgan fingerprint density at radius 2 is 1.57 bits per heavy atom. The van der Waals surface area contributed by atoms with Gasteiger partial charge in [0, 0.05) is 0 Å². The minimum atomic E-state index is -0.363. The smallest absolute Gasteiger partial charge is 0.168 e. The molecule has 3 nitrogen and oxygen atoms in total. The molecule has 0 aromatic heterocycles. The predicted molar refractivity (Wildman–Crippen MR) is 57.9 cm³/mol. The van der Waals surface area contributed by atoms with E-state index < -0.39 is 0 Å². The van der Waals surface area contributed by atoms with E-state index in [1.54, 1.807) is 0 Å². The molecule has 3 heteroatoms. The molecule has 0 spiro atoms. The first kappa shape index (κ1) is 15.0. The first-order chi connectivity index (χ1) is 6.75. The molecule has 2 N–H and O–H groups in total. The number of hydrogen-bond donors (Lipinski definition) is 2. The van der Waals surface area contributed by atoms with Gasteiger partial charge in [-0.15, -0.1) is 0 Å². The van der Waals surface area contributed by atoms with Crippen molar-refractivity contribution in [3.8, 4) is 11.5 Å². The third-order valence-corrected chi connectivity index (χ3v) is 1.17. The van der Waals surface area contributed by atoms with Crippen LogP contribution in [0.4, 0.5) is 0 Å². The van der Waals surface area contributed by atoms with Crippen LogP contribution in [0.25, 0.3) is 0 Å². The van der Waals surface area contributed by atoms with Crippen molar-refractivity contribution in [2.45, 2.75) is 27.7 Å². The third-order valence-electron chi connectivity index (χ3n) is 1.17. The van der Waals surface area contributed by atoms with E-state index in [2.05, 4.69) is 0 Å². The van der Waals surface area contributed by atoms with Crippen molar-refractivity contribution < 1.29 is 15.0 Å². The van der Waals surface area contributed by atoms with E-state index in [0.717, 1.165) is 0 Å². The number of aromatic hydroxyl groups is 2. The predicted octanol–water partition coefficient (Wildman–Crippen LogP) is 2.96. The summed E-state index contributed by atoms with van der Waals surface area (Å²) < 4.78 is 0. The van der Waals surface area contributed by atoms with Crippen LogP contribution >= 0.6 is 0 Å². The van der Waals surface area contributed by atoms with Gasteiger partial charge in [0.2, 0.25) is 0 Å². The molecule has 0 atom stereocenters. The fraction of sp³-hybridized carbons (Fsp3) is 0.364. The van der Waals surface area contributed by atoms with Gasteiger partial charge in [-0.1, -0.05) is 33.8 Å². The minimum Gasteiger partial charge on any atom is -0.504 e. The summed E-state index contributed by atoms with van der Waals surface area (Å²) in [6, 6.07) is 4.21. The largest absolute Gasteiger partial charge is 0.504 e. The topological polar surface area (TPSA) is 57.5 Å². The molecule has 0 amide bonds. The lowest BCUT2D eigenvalue weighted by molar-refractivity contribution is 0.112. The van der Waals surface area contributed by atoms with Crippen molar-refractivity contribution in [2.24, 2.45) is 0 Å². The standard InChI is InChI=1S/C7H6O3.2C2H6/c8-4-5-2-1-3-6(9)7(5)10;2*1-2/h1-4,9-10H;2*1-2H3. The van der Waals surface area contributed by atoms with Crippen LogP contribution in [0, 0.1) is 0 Å². The number of phenolic OH excluding ortho intramolecular Hbond substituents is 2. The second-order valence-corrected chi connectivity index (χ2v) is 1.83. The van der Waals surface area contributed by atoms with Crippen LogP contribution in [0.2, 0.25) is 0 Å². The van der Waals surface area contributed by atoms with E-state index in [0.29, 0.717) is 6.29 Å². The zero-order valence-corrected chi connectivity index (χ0v) is 9.11. The van der Waals surface area contributed by atoms with Gasteiger partial charge in [-0.2, -0.15) is 0 Å². The van der Waals surface area contributed by atoms with Crippen molar-refractivity contribution in [2.75, 3.05) is 0 Å². The molecule has 14 heavy (non-hydrogen) atoms. The van der Waals surface area contributed by atoms with Gasteiger partial charge in [0.1, 0.15) is 0 Å². The van der Waals surface area contributed by atoms with E-state index >= 15 is 0 Å². The van der Waals surface area contributed by atoms with E-state index in [9.17, 15) is 4.79 Å². The first-order valence-electron chi connectivity index (χ1n) is 4.72. The van der Waals surface area contributed by atoms with Crippen LogP contribution < -0.4 is 0 Å². The minimum absolute atomic E-state index is 0.0972. The molecule has 0 bridgehead atoms. The normalized spacial score (nSPS) is 7.43. The Morgan fingerprint density at radius 1 is 1.07 bits per heavy atom. The molecule has 0 saturated heterocycles. The second kappa shape index (κ2) is 9.58. The number of aldehydes is 1. The average Bonchev–Trinajstić information content (AvgIpc) is 2.28. The molecule has 0 aliphatic heterocycles. The molecule has 0 fully saturated rings. The molecule has 1 rings (SSSR count). The van der Waals surface area contributed by atoms with Crippen LogP contribution in [0.15, 0.2) is 18.2 Å². The summed E-state index contributed by atoms with van der Waals surface area (Å²) >= 11 is 0. The number of rotatable bonds is 1. The van der Waals surface area contributed by atoms with E-state index in [-0.39, 0.29) is 17.1 Å². The van der Waals surface area contributed by atoms with Crippen molar-refractivity contribution in [1.29, 1.82) is 0 Å². The summed E-state index contributed by atoms with van der Waals surface area (Å²) in [5.74, 6) is -0.637. The Hall–Kier alpha value is -1.51. The highest BCUT2D eigenvalue weighted by Crippen LogP contribution is 2.26. The molecular weight excluding hydrogens is 180 g/mol. The molecule has 1 aromatic rings. The number of phenols is 2. The quantitative estimate of drug-likeness (QED) is 0.538. The second-order valence-electron chi connectivity index (χ2n) is 1.83. The van der Waals surface area contributed by atoms with Gasteiger partial charge in [0.25, 0.3) is 0 Å². The van der Waals surface area contributed by atoms with Crippen LogP contribution in [-0.4, -0.2) is 16.5 Å². The average molecular weight is 198 g/mol. The van der Waals surface area contributed by atoms with Gasteiger partial charge in [-0.05, 0) is 12.1 Å². The summed E-state index contributed by atoms with van der Waals surface area (Å²) in [7, 11) is 0. The van der Waals surface area contributed by atoms with Crippen molar-refractivity contribution in [3.05, 3.63) is 23.8 Å². The molecule has 0 radical (unpaired) electrons. The van der Waals surface area contributed by atoms with Crippen LogP contribution in [0.1, 0.15) is 38.1 Å². The van der Waals surface area contributed by atoms with Gasteiger partial charge in [0.15, 0.2) is 17.8 Å². The zero-order valence-electron chi connectivity index (χ0n) is 9.11. The number of hydrogen-bond acceptors (Lipinski definition) is 3. The summed E-state index contributed by atoms with van der Waals surface area (Å²) in [4.78, 5) is 10.1. The van der Waals surface area contributed by atoms with E-state index in [4.69, 9.17) is 10.2 Å². The van der Waals surface area contributed by atoms with Gasteiger partial charge < -0.3 is 10.2 Å². The highest BCUT2D eigenvalue weighted by molar-refractivity contribution is 5.80. The third kappa shape index (κ3) is 4.50. The fourth-order valence-corrected chi connectivity index (χ4v) is 0.644. The molecule has 0 aliphatic rings. The molecule has 0 saturated carbocycles. The SMILES string of the molecule is CC.CC.O=Cc1cccc(O)c1O. The van der Waals surface area contributed by atoms with E-state index in [1.807, 2.05) is 27.7 Å². The molecule has 0 aliphatic carbocycles. The van der Waals surface area contributed by atoms with E-state index in [1.165, 1.54) is 18.2 Å². The maximum atomic E-state index is 10.1. The number of benzene rings is 1. The fourth-order valence-electron chi connectivity index (χ4n) is 0.644. The number of carbonyl (C=O) groups excluding carboxylic acids is 1. The first-order valence-corrected chi connectivity index (χ1v) is 4.72. The van der Waals surface area contributed by atoms with Crippen molar-refractivity contribution in [3.63, 3.8) is 0 Å².